The number of thiocarbonyl (C=S) groups is 1. The fraction of sp³-hybridized carbons (Fsp3) is 0.333. The Hall–Kier alpha value is -2.31. The summed E-state index contributed by atoms with van der Waals surface area (Å²) in [6.45, 7) is 5.98. The number of hydrogen-bond acceptors (Lipinski definition) is 4. The molecule has 1 fully saturated rings. The van der Waals surface area contributed by atoms with E-state index in [1.807, 2.05) is 55.1 Å². The van der Waals surface area contributed by atoms with Crippen molar-refractivity contribution >= 4 is 40.6 Å². The van der Waals surface area contributed by atoms with Crippen LogP contribution in [0.4, 0.5) is 5.69 Å². The number of benzene rings is 2. The molecule has 2 aromatic rings. The lowest BCUT2D eigenvalue weighted by Crippen LogP contribution is -2.71. The normalized spacial score (nSPS) is 25.4. The first kappa shape index (κ1) is 19.0. The first-order valence-corrected chi connectivity index (χ1v) is 9.96. The lowest BCUT2D eigenvalue weighted by molar-refractivity contribution is -0.159. The van der Waals surface area contributed by atoms with E-state index in [0.717, 1.165) is 16.8 Å². The van der Waals surface area contributed by atoms with Gasteiger partial charge in [-0.15, -0.1) is 0 Å². The van der Waals surface area contributed by atoms with Crippen LogP contribution < -0.4 is 15.0 Å². The molecule has 4 rings (SSSR count). The van der Waals surface area contributed by atoms with Gasteiger partial charge in [0.25, 0.3) is 0 Å². The minimum atomic E-state index is -1.05. The van der Waals surface area contributed by atoms with Crippen molar-refractivity contribution in [2.45, 2.75) is 32.5 Å². The van der Waals surface area contributed by atoms with Gasteiger partial charge in [0.15, 0.2) is 5.11 Å². The van der Waals surface area contributed by atoms with Crippen LogP contribution in [0.2, 0.25) is 5.02 Å². The minimum absolute atomic E-state index is 0.287. The van der Waals surface area contributed by atoms with Crippen molar-refractivity contribution in [3.8, 4) is 5.75 Å². The molecular formula is C21H21ClN2O3S. The molecule has 0 spiro atoms. The summed E-state index contributed by atoms with van der Waals surface area (Å²) in [6, 6.07) is 13.0. The summed E-state index contributed by atoms with van der Waals surface area (Å²) < 4.78 is 11.8. The van der Waals surface area contributed by atoms with Crippen molar-refractivity contribution in [2.75, 3.05) is 11.5 Å². The van der Waals surface area contributed by atoms with E-state index in [2.05, 4.69) is 5.32 Å². The predicted molar refractivity (Wildman–Crippen MR) is 113 cm³/mol. The van der Waals surface area contributed by atoms with Crippen molar-refractivity contribution in [3.63, 3.8) is 0 Å². The van der Waals surface area contributed by atoms with Gasteiger partial charge in [0.1, 0.15) is 11.7 Å². The summed E-state index contributed by atoms with van der Waals surface area (Å²) in [6.07, 6.45) is 0. The number of fused-ring (bicyclic) bond motifs is 4. The molecule has 0 aromatic heterocycles. The maximum Gasteiger partial charge on any atom is 0.317 e. The van der Waals surface area contributed by atoms with Gasteiger partial charge in [0, 0.05) is 16.3 Å². The van der Waals surface area contributed by atoms with Gasteiger partial charge in [0.05, 0.1) is 12.6 Å². The molecule has 0 saturated carbocycles. The summed E-state index contributed by atoms with van der Waals surface area (Å²) in [4.78, 5) is 14.9. The molecule has 3 atom stereocenters. The van der Waals surface area contributed by atoms with Crippen LogP contribution >= 0.6 is 23.8 Å². The third kappa shape index (κ3) is 2.91. The van der Waals surface area contributed by atoms with Crippen molar-refractivity contribution in [1.82, 2.24) is 5.32 Å². The molecule has 2 aromatic carbocycles. The zero-order valence-corrected chi connectivity index (χ0v) is 17.4. The number of carbonyl (C=O) groups excluding carboxylic acids is 1. The lowest BCUT2D eigenvalue weighted by Gasteiger charge is -2.55. The Kier molecular flexibility index (Phi) is 4.71. The SMILES string of the molecule is CCOC(=O)[C@@H]1[C@H]2NC(=S)N(c3ccc(C)cc3)[C@@]1(C)Oc1ccc(Cl)cc12. The summed E-state index contributed by atoms with van der Waals surface area (Å²) in [5.74, 6) is -0.302. The third-order valence-corrected chi connectivity index (χ3v) is 5.83. The quantitative estimate of drug-likeness (QED) is 0.592. The van der Waals surface area contributed by atoms with Gasteiger partial charge >= 0.3 is 5.97 Å². The lowest BCUT2D eigenvalue weighted by atomic mass is 9.79. The highest BCUT2D eigenvalue weighted by molar-refractivity contribution is 7.80. The van der Waals surface area contributed by atoms with E-state index in [1.165, 1.54) is 0 Å². The van der Waals surface area contributed by atoms with Crippen LogP contribution in [0, 0.1) is 12.8 Å². The number of anilines is 1. The number of rotatable bonds is 3. The average molecular weight is 417 g/mol. The predicted octanol–water partition coefficient (Wildman–Crippen LogP) is 4.37. The molecule has 7 heteroatoms. The topological polar surface area (TPSA) is 50.8 Å². The van der Waals surface area contributed by atoms with Gasteiger partial charge in [0.2, 0.25) is 5.72 Å². The van der Waals surface area contributed by atoms with E-state index in [9.17, 15) is 4.79 Å². The zero-order chi connectivity index (χ0) is 20.1. The smallest absolute Gasteiger partial charge is 0.317 e. The number of nitrogens with one attached hydrogen (secondary N) is 1. The number of halogens is 1. The van der Waals surface area contributed by atoms with Crippen LogP contribution in [0.3, 0.4) is 0 Å². The van der Waals surface area contributed by atoms with Gasteiger partial charge in [-0.3, -0.25) is 9.69 Å². The van der Waals surface area contributed by atoms with Crippen LogP contribution in [0.25, 0.3) is 0 Å². The molecule has 2 aliphatic rings. The Bertz CT molecular complexity index is 949. The summed E-state index contributed by atoms with van der Waals surface area (Å²) >= 11 is 11.9. The van der Waals surface area contributed by atoms with Crippen molar-refractivity contribution in [2.24, 2.45) is 5.92 Å². The molecule has 0 amide bonds. The van der Waals surface area contributed by atoms with Crippen LogP contribution in [0.5, 0.6) is 5.75 Å². The maximum atomic E-state index is 13.0. The third-order valence-electron chi connectivity index (χ3n) is 5.29. The van der Waals surface area contributed by atoms with Gasteiger partial charge in [-0.2, -0.15) is 0 Å². The highest BCUT2D eigenvalue weighted by Gasteiger charge is 2.59. The number of esters is 1. The van der Waals surface area contributed by atoms with Gasteiger partial charge in [-0.25, -0.2) is 0 Å². The first-order valence-electron chi connectivity index (χ1n) is 9.17. The zero-order valence-electron chi connectivity index (χ0n) is 15.9. The van der Waals surface area contributed by atoms with E-state index in [1.54, 1.807) is 13.0 Å². The maximum absolute atomic E-state index is 13.0. The molecule has 5 nitrogen and oxygen atoms in total. The Labute approximate surface area is 174 Å². The van der Waals surface area contributed by atoms with Crippen LogP contribution in [-0.2, 0) is 9.53 Å². The minimum Gasteiger partial charge on any atom is -0.466 e. The number of aryl methyl sites for hydroxylation is 1. The second kappa shape index (κ2) is 6.94. The molecule has 146 valence electrons. The number of carbonyl (C=O) groups is 1. The molecule has 0 aliphatic carbocycles. The summed E-state index contributed by atoms with van der Waals surface area (Å²) in [5, 5.41) is 4.39. The van der Waals surface area contributed by atoms with Crippen LogP contribution in [0.1, 0.15) is 31.0 Å². The Morgan fingerprint density at radius 1 is 1.32 bits per heavy atom. The molecule has 0 unspecified atom stereocenters. The molecule has 1 N–H and O–H groups in total. The van der Waals surface area contributed by atoms with E-state index in [0.29, 0.717) is 15.9 Å². The fourth-order valence-electron chi connectivity index (χ4n) is 4.03. The van der Waals surface area contributed by atoms with Crippen LogP contribution in [0.15, 0.2) is 42.5 Å². The second-order valence-corrected chi connectivity index (χ2v) is 7.99. The standard InChI is InChI=1S/C21H21ClN2O3S/c1-4-26-19(25)17-18-15-11-13(22)7-10-16(15)27-21(17,3)24(20(28)23-18)14-8-5-12(2)6-9-14/h5-11,17-18H,4H2,1-3H3,(H,23,28)/t17-,18-,21-/m0/s1. The van der Waals surface area contributed by atoms with Gasteiger partial charge < -0.3 is 14.8 Å². The Morgan fingerprint density at radius 2 is 2.04 bits per heavy atom. The first-order chi connectivity index (χ1) is 13.3. The van der Waals surface area contributed by atoms with E-state index in [4.69, 9.17) is 33.3 Å². The highest BCUT2D eigenvalue weighted by Crippen LogP contribution is 2.50. The number of hydrogen-bond donors (Lipinski definition) is 1. The fourth-order valence-corrected chi connectivity index (χ4v) is 4.62. The largest absolute Gasteiger partial charge is 0.466 e. The van der Waals surface area contributed by atoms with Crippen LogP contribution in [-0.4, -0.2) is 23.4 Å². The van der Waals surface area contributed by atoms with E-state index in [-0.39, 0.29) is 18.6 Å². The summed E-state index contributed by atoms with van der Waals surface area (Å²) in [5.41, 5.74) is 1.73. The van der Waals surface area contributed by atoms with E-state index < -0.39 is 11.6 Å². The molecule has 2 aliphatic heterocycles. The Balaban J connectivity index is 1.89. The highest BCUT2D eigenvalue weighted by atomic mass is 35.5. The van der Waals surface area contributed by atoms with Crippen molar-refractivity contribution in [1.29, 1.82) is 0 Å². The monoisotopic (exact) mass is 416 g/mol. The molecule has 0 radical (unpaired) electrons. The molecule has 2 heterocycles. The van der Waals surface area contributed by atoms with Crippen molar-refractivity contribution < 1.29 is 14.3 Å². The average Bonchev–Trinajstić information content (AvgIpc) is 2.63. The molecular weight excluding hydrogens is 396 g/mol. The van der Waals surface area contributed by atoms with Crippen molar-refractivity contribution in [3.05, 3.63) is 58.6 Å². The number of ether oxygens (including phenoxy) is 2. The Morgan fingerprint density at radius 3 is 2.71 bits per heavy atom. The molecule has 28 heavy (non-hydrogen) atoms. The number of nitrogens with zero attached hydrogens (tertiary/aromatic N) is 1. The van der Waals surface area contributed by atoms with Gasteiger partial charge in [-0.05, 0) is 63.3 Å². The molecule has 2 bridgehead atoms. The molecule has 1 saturated heterocycles. The second-order valence-electron chi connectivity index (χ2n) is 7.17. The summed E-state index contributed by atoms with van der Waals surface area (Å²) in [7, 11) is 0. The van der Waals surface area contributed by atoms with E-state index >= 15 is 0 Å². The van der Waals surface area contributed by atoms with Gasteiger partial charge in [-0.1, -0.05) is 29.3 Å².